The van der Waals surface area contributed by atoms with E-state index in [1.165, 1.54) is 6.92 Å². The van der Waals surface area contributed by atoms with E-state index in [4.69, 9.17) is 0 Å². The lowest BCUT2D eigenvalue weighted by Gasteiger charge is -2.09. The van der Waals surface area contributed by atoms with Crippen LogP contribution in [0.1, 0.15) is 22.8 Å². The molecule has 2 nitrogen and oxygen atoms in total. The van der Waals surface area contributed by atoms with Crippen molar-refractivity contribution >= 4 is 28.6 Å². The van der Waals surface area contributed by atoms with Crippen LogP contribution in [0.4, 0.5) is 17.6 Å². The highest BCUT2D eigenvalue weighted by atomic mass is 127. The molecule has 1 rings (SSSR count). The van der Waals surface area contributed by atoms with Crippen molar-refractivity contribution in [3.8, 4) is 0 Å². The summed E-state index contributed by atoms with van der Waals surface area (Å²) < 4.78 is 57.4. The number of halogens is 5. The molecule has 0 saturated heterocycles. The third-order valence-corrected chi connectivity index (χ3v) is 2.73. The summed E-state index contributed by atoms with van der Waals surface area (Å²) in [5.41, 5.74) is -2.08. The zero-order valence-electron chi connectivity index (χ0n) is 8.62. The number of esters is 1. The maximum Gasteiger partial charge on any atom is 0.344 e. The molecule has 0 aliphatic heterocycles. The average molecular weight is 362 g/mol. The molecule has 94 valence electrons. The van der Waals surface area contributed by atoms with Gasteiger partial charge in [0.1, 0.15) is 5.56 Å². The van der Waals surface area contributed by atoms with E-state index in [9.17, 15) is 22.4 Å². The van der Waals surface area contributed by atoms with E-state index in [0.717, 1.165) is 0 Å². The van der Waals surface area contributed by atoms with Gasteiger partial charge in [-0.05, 0) is 6.92 Å². The molecule has 0 atom stereocenters. The Morgan fingerprint density at radius 2 is 1.59 bits per heavy atom. The third kappa shape index (κ3) is 2.53. The van der Waals surface area contributed by atoms with Gasteiger partial charge < -0.3 is 4.74 Å². The molecular formula is C10H7F4IO2. The van der Waals surface area contributed by atoms with Crippen molar-refractivity contribution in [3.05, 3.63) is 34.4 Å². The predicted octanol–water partition coefficient (Wildman–Crippen LogP) is 3.35. The van der Waals surface area contributed by atoms with Gasteiger partial charge in [-0.3, -0.25) is 0 Å². The summed E-state index contributed by atoms with van der Waals surface area (Å²) in [5.74, 6) is -8.02. The van der Waals surface area contributed by atoms with E-state index in [2.05, 4.69) is 4.74 Å². The summed E-state index contributed by atoms with van der Waals surface area (Å²) in [5, 5.41) is 0. The number of alkyl halides is 1. The van der Waals surface area contributed by atoms with Crippen LogP contribution in [-0.2, 0) is 9.16 Å². The Bertz CT molecular complexity index is 433. The number of rotatable bonds is 3. The first kappa shape index (κ1) is 14.2. The maximum atomic E-state index is 13.4. The van der Waals surface area contributed by atoms with Crippen LogP contribution in [0.15, 0.2) is 0 Å². The summed E-state index contributed by atoms with van der Waals surface area (Å²) in [7, 11) is 0. The molecule has 0 saturated carbocycles. The fourth-order valence-corrected chi connectivity index (χ4v) is 1.85. The molecule has 1 aromatic rings. The van der Waals surface area contributed by atoms with Crippen LogP contribution in [-0.4, -0.2) is 12.6 Å². The zero-order chi connectivity index (χ0) is 13.2. The van der Waals surface area contributed by atoms with Crippen molar-refractivity contribution < 1.29 is 27.1 Å². The molecule has 0 aliphatic carbocycles. The molecule has 17 heavy (non-hydrogen) atoms. The Hall–Kier alpha value is -0.860. The summed E-state index contributed by atoms with van der Waals surface area (Å²) in [6.45, 7) is 1.24. The zero-order valence-corrected chi connectivity index (χ0v) is 10.8. The van der Waals surface area contributed by atoms with E-state index in [-0.39, 0.29) is 11.0 Å². The standard InChI is InChI=1S/C10H7F4IO2/c1-2-17-10(16)5-8(13)6(11)4(3-15)7(12)9(5)14/h2-3H2,1H3. The lowest BCUT2D eigenvalue weighted by atomic mass is 10.1. The molecule has 0 fully saturated rings. The molecule has 0 amide bonds. The average Bonchev–Trinajstić information content (AvgIpc) is 2.28. The first-order chi connectivity index (χ1) is 7.95. The van der Waals surface area contributed by atoms with Crippen LogP contribution >= 0.6 is 22.6 Å². The lowest BCUT2D eigenvalue weighted by molar-refractivity contribution is 0.0512. The van der Waals surface area contributed by atoms with E-state index >= 15 is 0 Å². The smallest absolute Gasteiger partial charge is 0.344 e. The molecule has 0 N–H and O–H groups in total. The maximum absolute atomic E-state index is 13.4. The van der Waals surface area contributed by atoms with Crippen LogP contribution in [0.5, 0.6) is 0 Å². The van der Waals surface area contributed by atoms with Gasteiger partial charge in [-0.15, -0.1) is 0 Å². The minimum absolute atomic E-state index is 0.158. The Morgan fingerprint density at radius 1 is 1.12 bits per heavy atom. The van der Waals surface area contributed by atoms with Crippen LogP contribution in [0.3, 0.4) is 0 Å². The second kappa shape index (κ2) is 5.65. The predicted molar refractivity (Wildman–Crippen MR) is 60.0 cm³/mol. The second-order valence-electron chi connectivity index (χ2n) is 2.96. The van der Waals surface area contributed by atoms with Gasteiger partial charge in [-0.2, -0.15) is 0 Å². The Balaban J connectivity index is 3.48. The number of ether oxygens (including phenoxy) is 1. The van der Waals surface area contributed by atoms with E-state index < -0.39 is 40.4 Å². The molecule has 7 heteroatoms. The summed E-state index contributed by atoms with van der Waals surface area (Å²) in [6, 6.07) is 0. The van der Waals surface area contributed by atoms with Crippen molar-refractivity contribution in [1.29, 1.82) is 0 Å². The van der Waals surface area contributed by atoms with Crippen molar-refractivity contribution in [2.75, 3.05) is 6.61 Å². The largest absolute Gasteiger partial charge is 0.462 e. The van der Waals surface area contributed by atoms with E-state index in [1.54, 1.807) is 22.6 Å². The van der Waals surface area contributed by atoms with E-state index in [0.29, 0.717) is 0 Å². The van der Waals surface area contributed by atoms with Crippen molar-refractivity contribution in [2.45, 2.75) is 11.4 Å². The topological polar surface area (TPSA) is 26.3 Å². The molecule has 0 bridgehead atoms. The third-order valence-electron chi connectivity index (χ3n) is 1.97. The minimum atomic E-state index is -1.73. The summed E-state index contributed by atoms with van der Waals surface area (Å²) in [6.07, 6.45) is 0. The first-order valence-corrected chi connectivity index (χ1v) is 6.06. The lowest BCUT2D eigenvalue weighted by Crippen LogP contribution is -2.15. The SMILES string of the molecule is CCOC(=O)c1c(F)c(F)c(CI)c(F)c1F. The summed E-state index contributed by atoms with van der Waals surface area (Å²) >= 11 is 1.55. The van der Waals surface area contributed by atoms with Crippen molar-refractivity contribution in [3.63, 3.8) is 0 Å². The highest BCUT2D eigenvalue weighted by Gasteiger charge is 2.29. The molecule has 1 aromatic carbocycles. The van der Waals surface area contributed by atoms with Gasteiger partial charge in [0, 0.05) is 9.99 Å². The van der Waals surface area contributed by atoms with Crippen molar-refractivity contribution in [2.24, 2.45) is 0 Å². The van der Waals surface area contributed by atoms with Crippen LogP contribution in [0, 0.1) is 23.3 Å². The van der Waals surface area contributed by atoms with E-state index in [1.807, 2.05) is 0 Å². The normalized spacial score (nSPS) is 10.5. The monoisotopic (exact) mass is 362 g/mol. The van der Waals surface area contributed by atoms with Gasteiger partial charge in [0.25, 0.3) is 0 Å². The Labute approximate surface area is 108 Å². The fourth-order valence-electron chi connectivity index (χ4n) is 1.18. The van der Waals surface area contributed by atoms with Crippen LogP contribution < -0.4 is 0 Å². The Morgan fingerprint density at radius 3 is 1.94 bits per heavy atom. The number of hydrogen-bond donors (Lipinski definition) is 0. The summed E-state index contributed by atoms with van der Waals surface area (Å²) in [4.78, 5) is 11.2. The van der Waals surface area contributed by atoms with Gasteiger partial charge >= 0.3 is 5.97 Å². The molecule has 0 aromatic heterocycles. The highest BCUT2D eigenvalue weighted by Crippen LogP contribution is 2.26. The quantitative estimate of drug-likeness (QED) is 0.271. The van der Waals surface area contributed by atoms with Crippen LogP contribution in [0.2, 0.25) is 0 Å². The van der Waals surface area contributed by atoms with Gasteiger partial charge in [-0.25, -0.2) is 22.4 Å². The molecule has 0 radical (unpaired) electrons. The first-order valence-electron chi connectivity index (χ1n) is 4.53. The molecule has 0 unspecified atom stereocenters. The molecule has 0 heterocycles. The highest BCUT2D eigenvalue weighted by molar-refractivity contribution is 14.1. The number of carbonyl (C=O) groups is 1. The second-order valence-corrected chi connectivity index (χ2v) is 3.73. The number of hydrogen-bond acceptors (Lipinski definition) is 2. The van der Waals surface area contributed by atoms with Gasteiger partial charge in [-0.1, -0.05) is 22.6 Å². The van der Waals surface area contributed by atoms with Crippen LogP contribution in [0.25, 0.3) is 0 Å². The number of benzene rings is 1. The fraction of sp³-hybridized carbons (Fsp3) is 0.300. The van der Waals surface area contributed by atoms with Gasteiger partial charge in [0.2, 0.25) is 0 Å². The van der Waals surface area contributed by atoms with Gasteiger partial charge in [0.05, 0.1) is 6.61 Å². The minimum Gasteiger partial charge on any atom is -0.462 e. The van der Waals surface area contributed by atoms with Crippen molar-refractivity contribution in [1.82, 2.24) is 0 Å². The molecule has 0 spiro atoms. The number of carbonyl (C=O) groups excluding carboxylic acids is 1. The molecular weight excluding hydrogens is 355 g/mol. The van der Waals surface area contributed by atoms with Gasteiger partial charge in [0.15, 0.2) is 23.3 Å². The Kier molecular flexibility index (Phi) is 4.72. The molecule has 0 aliphatic rings.